The molecule has 0 aliphatic rings. The number of hydrogen-bond acceptors (Lipinski definition) is 1. The number of hydrogen-bond donors (Lipinski definition) is 1. The summed E-state index contributed by atoms with van der Waals surface area (Å²) in [6.45, 7) is 5.07. The second kappa shape index (κ2) is 7.20. The third kappa shape index (κ3) is 5.50. The van der Waals surface area contributed by atoms with E-state index in [1.807, 2.05) is 0 Å². The first-order chi connectivity index (χ1) is 6.59. The van der Waals surface area contributed by atoms with Crippen molar-refractivity contribution >= 4 is 28.3 Å². The van der Waals surface area contributed by atoms with Gasteiger partial charge in [0.15, 0.2) is 0 Å². The highest BCUT2D eigenvalue weighted by Crippen LogP contribution is 2.17. The Morgan fingerprint density at radius 3 is 2.67 bits per heavy atom. The molecule has 0 saturated carbocycles. The summed E-state index contributed by atoms with van der Waals surface area (Å²) in [7, 11) is 0. The summed E-state index contributed by atoms with van der Waals surface area (Å²) in [6.07, 6.45) is 0.844. The van der Waals surface area contributed by atoms with Gasteiger partial charge in [0.25, 0.3) is 0 Å². The predicted molar refractivity (Wildman–Crippen MR) is 68.2 cm³/mol. The Morgan fingerprint density at radius 2 is 2.07 bits per heavy atom. The van der Waals surface area contributed by atoms with E-state index in [1.54, 1.807) is 12.1 Å². The number of halogens is 3. The molecule has 0 amide bonds. The maximum Gasteiger partial charge on any atom is 0.123 e. The van der Waals surface area contributed by atoms with Crippen LogP contribution in [0.2, 0.25) is 0 Å². The van der Waals surface area contributed by atoms with Crippen LogP contribution >= 0.6 is 28.3 Å². The van der Waals surface area contributed by atoms with E-state index in [0.29, 0.717) is 6.04 Å². The first kappa shape index (κ1) is 14.9. The summed E-state index contributed by atoms with van der Waals surface area (Å²) in [4.78, 5) is 0. The van der Waals surface area contributed by atoms with E-state index in [4.69, 9.17) is 0 Å². The van der Waals surface area contributed by atoms with Crippen molar-refractivity contribution in [3.8, 4) is 0 Å². The Kier molecular flexibility index (Phi) is 7.14. The maximum atomic E-state index is 12.9. The van der Waals surface area contributed by atoms with Crippen LogP contribution in [0.3, 0.4) is 0 Å². The van der Waals surface area contributed by atoms with Crippen LogP contribution in [0, 0.1) is 5.82 Å². The van der Waals surface area contributed by atoms with Crippen molar-refractivity contribution in [2.45, 2.75) is 26.3 Å². The number of rotatable bonds is 4. The Balaban J connectivity index is 0.00000196. The molecule has 1 nitrogen and oxygen atoms in total. The van der Waals surface area contributed by atoms with Crippen LogP contribution in [0.5, 0.6) is 0 Å². The molecular weight excluding hydrogens is 280 g/mol. The van der Waals surface area contributed by atoms with E-state index < -0.39 is 0 Å². The average molecular weight is 297 g/mol. The van der Waals surface area contributed by atoms with Crippen LogP contribution in [0.1, 0.15) is 19.4 Å². The van der Waals surface area contributed by atoms with Gasteiger partial charge in [-0.05, 0) is 36.7 Å². The molecule has 1 aromatic rings. The molecule has 0 atom stereocenters. The summed E-state index contributed by atoms with van der Waals surface area (Å²) in [5.74, 6) is -0.173. The Hall–Kier alpha value is -0.120. The fourth-order valence-corrected chi connectivity index (χ4v) is 1.68. The van der Waals surface area contributed by atoms with Gasteiger partial charge in [0.05, 0.1) is 0 Å². The zero-order valence-corrected chi connectivity index (χ0v) is 11.3. The van der Waals surface area contributed by atoms with Crippen LogP contribution < -0.4 is 5.32 Å². The van der Waals surface area contributed by atoms with E-state index >= 15 is 0 Å². The van der Waals surface area contributed by atoms with Crippen LogP contribution in [0.15, 0.2) is 22.7 Å². The molecule has 0 aromatic heterocycles. The Labute approximate surface area is 105 Å². The third-order valence-corrected chi connectivity index (χ3v) is 2.73. The highest BCUT2D eigenvalue weighted by Gasteiger charge is 2.01. The van der Waals surface area contributed by atoms with E-state index in [1.165, 1.54) is 6.07 Å². The quantitative estimate of drug-likeness (QED) is 0.896. The monoisotopic (exact) mass is 295 g/mol. The molecule has 0 aliphatic carbocycles. The highest BCUT2D eigenvalue weighted by molar-refractivity contribution is 9.10. The van der Waals surface area contributed by atoms with Gasteiger partial charge in [-0.15, -0.1) is 12.4 Å². The molecule has 0 unspecified atom stereocenters. The first-order valence-corrected chi connectivity index (χ1v) is 5.56. The van der Waals surface area contributed by atoms with Gasteiger partial charge in [0.2, 0.25) is 0 Å². The zero-order valence-electron chi connectivity index (χ0n) is 8.89. The topological polar surface area (TPSA) is 12.0 Å². The summed E-state index contributed by atoms with van der Waals surface area (Å²) in [6, 6.07) is 5.26. The van der Waals surface area contributed by atoms with Crippen molar-refractivity contribution in [2.24, 2.45) is 0 Å². The molecule has 0 fully saturated rings. The van der Waals surface area contributed by atoms with Crippen molar-refractivity contribution in [3.63, 3.8) is 0 Å². The molecule has 0 radical (unpaired) electrons. The van der Waals surface area contributed by atoms with Crippen molar-refractivity contribution in [2.75, 3.05) is 6.54 Å². The lowest BCUT2D eigenvalue weighted by molar-refractivity contribution is 0.586. The van der Waals surface area contributed by atoms with Crippen molar-refractivity contribution in [1.29, 1.82) is 0 Å². The minimum atomic E-state index is -0.173. The van der Waals surface area contributed by atoms with Gasteiger partial charge >= 0.3 is 0 Å². The lowest BCUT2D eigenvalue weighted by Crippen LogP contribution is -2.25. The molecule has 1 N–H and O–H groups in total. The third-order valence-electron chi connectivity index (χ3n) is 1.95. The lowest BCUT2D eigenvalue weighted by atomic mass is 10.1. The number of benzene rings is 1. The molecule has 86 valence electrons. The van der Waals surface area contributed by atoms with Crippen LogP contribution in [0.4, 0.5) is 4.39 Å². The van der Waals surface area contributed by atoms with Gasteiger partial charge in [-0.1, -0.05) is 29.8 Å². The largest absolute Gasteiger partial charge is 0.314 e. The van der Waals surface area contributed by atoms with E-state index in [-0.39, 0.29) is 18.2 Å². The normalized spacial score (nSPS) is 10.2. The average Bonchev–Trinajstić information content (AvgIpc) is 2.10. The van der Waals surface area contributed by atoms with Gasteiger partial charge < -0.3 is 5.32 Å². The van der Waals surface area contributed by atoms with Crippen LogP contribution in [-0.4, -0.2) is 12.6 Å². The van der Waals surface area contributed by atoms with Crippen LogP contribution in [0.25, 0.3) is 0 Å². The van der Waals surface area contributed by atoms with Gasteiger partial charge in [-0.2, -0.15) is 0 Å². The summed E-state index contributed by atoms with van der Waals surface area (Å²) >= 11 is 3.40. The van der Waals surface area contributed by atoms with E-state index in [0.717, 1.165) is 23.0 Å². The second-order valence-electron chi connectivity index (χ2n) is 3.59. The zero-order chi connectivity index (χ0) is 10.6. The minimum absolute atomic E-state index is 0. The molecule has 4 heteroatoms. The second-order valence-corrected chi connectivity index (χ2v) is 4.45. The highest BCUT2D eigenvalue weighted by atomic mass is 79.9. The molecule has 15 heavy (non-hydrogen) atoms. The van der Waals surface area contributed by atoms with Crippen molar-refractivity contribution < 1.29 is 4.39 Å². The van der Waals surface area contributed by atoms with E-state index in [9.17, 15) is 4.39 Å². The van der Waals surface area contributed by atoms with Gasteiger partial charge in [0.1, 0.15) is 5.82 Å². The molecule has 0 spiro atoms. The number of nitrogens with one attached hydrogen (secondary N) is 1. The summed E-state index contributed by atoms with van der Waals surface area (Å²) in [5.41, 5.74) is 1.01. The molecule has 0 saturated heterocycles. The molecule has 1 rings (SSSR count). The van der Waals surface area contributed by atoms with Crippen molar-refractivity contribution in [1.82, 2.24) is 5.32 Å². The fraction of sp³-hybridized carbons (Fsp3) is 0.455. The lowest BCUT2D eigenvalue weighted by Gasteiger charge is -2.09. The smallest absolute Gasteiger partial charge is 0.123 e. The van der Waals surface area contributed by atoms with Crippen LogP contribution in [-0.2, 0) is 6.42 Å². The summed E-state index contributed by atoms with van der Waals surface area (Å²) < 4.78 is 13.9. The maximum absolute atomic E-state index is 12.9. The molecule has 0 aliphatic heterocycles. The Bertz CT molecular complexity index is 305. The molecule has 0 heterocycles. The molecular formula is C11H16BrClFN. The molecule has 0 bridgehead atoms. The van der Waals surface area contributed by atoms with Gasteiger partial charge in [0, 0.05) is 10.5 Å². The minimum Gasteiger partial charge on any atom is -0.314 e. The predicted octanol–water partition coefficient (Wildman–Crippen LogP) is 3.55. The SMILES string of the molecule is CC(C)NCCc1cc(F)ccc1Br.Cl. The fourth-order valence-electron chi connectivity index (χ4n) is 1.23. The first-order valence-electron chi connectivity index (χ1n) is 4.77. The van der Waals surface area contributed by atoms with Gasteiger partial charge in [-0.3, -0.25) is 0 Å². The van der Waals surface area contributed by atoms with Gasteiger partial charge in [-0.25, -0.2) is 4.39 Å². The van der Waals surface area contributed by atoms with Crippen molar-refractivity contribution in [3.05, 3.63) is 34.1 Å². The molecule has 1 aromatic carbocycles. The summed E-state index contributed by atoms with van der Waals surface area (Å²) in [5, 5.41) is 3.30. The Morgan fingerprint density at radius 1 is 1.40 bits per heavy atom. The van der Waals surface area contributed by atoms with E-state index in [2.05, 4.69) is 35.1 Å². The standard InChI is InChI=1S/C11H15BrFN.ClH/c1-8(2)14-6-5-9-7-10(13)3-4-11(9)12;/h3-4,7-8,14H,5-6H2,1-2H3;1H.